The summed E-state index contributed by atoms with van der Waals surface area (Å²) in [5, 5.41) is 15.1. The molecule has 142 valence electrons. The number of aromatic hydroxyl groups is 1. The number of fused-ring (bicyclic) bond motifs is 2. The van der Waals surface area contributed by atoms with E-state index in [4.69, 9.17) is 5.14 Å². The van der Waals surface area contributed by atoms with Gasteiger partial charge in [-0.25, -0.2) is 5.14 Å². The van der Waals surface area contributed by atoms with Crippen molar-refractivity contribution in [3.05, 3.63) is 94.5 Å². The number of hydrogen-bond acceptors (Lipinski definition) is 3. The Morgan fingerprint density at radius 3 is 2.43 bits per heavy atom. The summed E-state index contributed by atoms with van der Waals surface area (Å²) in [5.41, 5.74) is 6.71. The molecule has 5 nitrogen and oxygen atoms in total. The van der Waals surface area contributed by atoms with E-state index in [1.54, 1.807) is 30.3 Å². The second kappa shape index (κ2) is 7.14. The summed E-state index contributed by atoms with van der Waals surface area (Å²) in [7, 11) is -3.84. The monoisotopic (exact) mass is 392 g/mol. The van der Waals surface area contributed by atoms with Crippen LogP contribution >= 0.6 is 0 Å². The van der Waals surface area contributed by atoms with E-state index < -0.39 is 10.2 Å². The summed E-state index contributed by atoms with van der Waals surface area (Å²) in [5.74, 6) is 0.216. The molecule has 3 aromatic carbocycles. The fraction of sp³-hybridized carbons (Fsp3) is 0.0909. The number of aryl methyl sites for hydroxylation is 2. The van der Waals surface area contributed by atoms with Crippen LogP contribution in [0.3, 0.4) is 0 Å². The first kappa shape index (κ1) is 18.3. The number of benzene rings is 3. The summed E-state index contributed by atoms with van der Waals surface area (Å²) in [6, 6.07) is 20.7. The van der Waals surface area contributed by atoms with Gasteiger partial charge in [0.2, 0.25) is 0 Å². The van der Waals surface area contributed by atoms with Crippen LogP contribution in [0.15, 0.2) is 66.7 Å². The molecule has 6 heteroatoms. The number of phenols is 1. The number of nitrogens with one attached hydrogen (secondary N) is 1. The minimum atomic E-state index is -3.84. The standard InChI is InChI=1S/C22H20N2O3S/c23-28(26,27)24-18-6-3-4-15(12-18)13-22-20-7-2-1-5-16(20)8-9-17-10-11-19(25)14-21(17)22/h1-7,10-14,24-25H,8-9H2,(H2,23,26,27)/b22-13+. The average molecular weight is 392 g/mol. The minimum Gasteiger partial charge on any atom is -0.508 e. The Bertz CT molecular complexity index is 1180. The SMILES string of the molecule is NS(=O)(=O)Nc1cccc(/C=C2\c3ccccc3CCc3ccc(O)cc32)c1. The third-order valence-electron chi connectivity index (χ3n) is 4.81. The van der Waals surface area contributed by atoms with E-state index in [0.717, 1.165) is 35.1 Å². The van der Waals surface area contributed by atoms with Crippen molar-refractivity contribution < 1.29 is 13.5 Å². The average Bonchev–Trinajstić information content (AvgIpc) is 2.78. The van der Waals surface area contributed by atoms with E-state index in [9.17, 15) is 13.5 Å². The first-order valence-electron chi connectivity index (χ1n) is 8.92. The van der Waals surface area contributed by atoms with Crippen molar-refractivity contribution in [2.75, 3.05) is 4.72 Å². The quantitative estimate of drug-likeness (QED) is 0.635. The second-order valence-electron chi connectivity index (χ2n) is 6.83. The Balaban J connectivity index is 1.89. The zero-order chi connectivity index (χ0) is 19.7. The van der Waals surface area contributed by atoms with Gasteiger partial charge in [0.15, 0.2) is 0 Å². The van der Waals surface area contributed by atoms with E-state index in [-0.39, 0.29) is 5.75 Å². The van der Waals surface area contributed by atoms with E-state index >= 15 is 0 Å². The smallest absolute Gasteiger partial charge is 0.296 e. The molecule has 28 heavy (non-hydrogen) atoms. The third-order valence-corrected chi connectivity index (χ3v) is 5.33. The molecule has 0 radical (unpaired) electrons. The summed E-state index contributed by atoms with van der Waals surface area (Å²) in [4.78, 5) is 0. The molecule has 0 aromatic heterocycles. The van der Waals surface area contributed by atoms with Gasteiger partial charge in [-0.3, -0.25) is 4.72 Å². The lowest BCUT2D eigenvalue weighted by molar-refractivity contribution is 0.475. The maximum atomic E-state index is 11.3. The molecule has 4 N–H and O–H groups in total. The summed E-state index contributed by atoms with van der Waals surface area (Å²) in [6.07, 6.45) is 3.81. The van der Waals surface area contributed by atoms with E-state index in [2.05, 4.69) is 16.9 Å². The maximum Gasteiger partial charge on any atom is 0.296 e. The number of phenolic OH excluding ortho intramolecular Hbond substituents is 1. The van der Waals surface area contributed by atoms with Crippen molar-refractivity contribution in [1.82, 2.24) is 0 Å². The highest BCUT2D eigenvalue weighted by Crippen LogP contribution is 2.36. The molecule has 0 atom stereocenters. The Morgan fingerprint density at radius 2 is 1.64 bits per heavy atom. The Morgan fingerprint density at radius 1 is 0.893 bits per heavy atom. The highest BCUT2D eigenvalue weighted by Gasteiger charge is 2.18. The van der Waals surface area contributed by atoms with Gasteiger partial charge in [0, 0.05) is 0 Å². The van der Waals surface area contributed by atoms with Crippen molar-refractivity contribution in [2.45, 2.75) is 12.8 Å². The highest BCUT2D eigenvalue weighted by molar-refractivity contribution is 7.90. The van der Waals surface area contributed by atoms with Gasteiger partial charge in [-0.2, -0.15) is 8.42 Å². The van der Waals surface area contributed by atoms with Crippen LogP contribution in [0.4, 0.5) is 5.69 Å². The van der Waals surface area contributed by atoms with Gasteiger partial charge in [-0.1, -0.05) is 42.5 Å². The first-order chi connectivity index (χ1) is 13.4. The molecule has 0 heterocycles. The molecule has 0 bridgehead atoms. The fourth-order valence-electron chi connectivity index (χ4n) is 3.63. The van der Waals surface area contributed by atoms with E-state index in [0.29, 0.717) is 5.69 Å². The summed E-state index contributed by atoms with van der Waals surface area (Å²) in [6.45, 7) is 0. The molecular weight excluding hydrogens is 372 g/mol. The number of anilines is 1. The molecule has 4 rings (SSSR count). The van der Waals surface area contributed by atoms with Crippen LogP contribution in [-0.2, 0) is 23.1 Å². The molecule has 0 fully saturated rings. The van der Waals surface area contributed by atoms with Crippen molar-refractivity contribution >= 4 is 27.5 Å². The second-order valence-corrected chi connectivity index (χ2v) is 8.12. The van der Waals surface area contributed by atoms with Gasteiger partial charge in [-0.05, 0) is 76.6 Å². The number of rotatable bonds is 3. The van der Waals surface area contributed by atoms with Gasteiger partial charge in [-0.15, -0.1) is 0 Å². The van der Waals surface area contributed by atoms with E-state index in [1.807, 2.05) is 30.3 Å². The molecule has 0 saturated heterocycles. The Kier molecular flexibility index (Phi) is 4.66. The van der Waals surface area contributed by atoms with Gasteiger partial charge in [0.25, 0.3) is 10.2 Å². The highest BCUT2D eigenvalue weighted by atomic mass is 32.2. The summed E-state index contributed by atoms with van der Waals surface area (Å²) < 4.78 is 25.0. The van der Waals surface area contributed by atoms with Gasteiger partial charge >= 0.3 is 0 Å². The zero-order valence-corrected chi connectivity index (χ0v) is 15.9. The van der Waals surface area contributed by atoms with Crippen molar-refractivity contribution in [2.24, 2.45) is 5.14 Å². The normalized spacial score (nSPS) is 14.8. The molecule has 1 aliphatic carbocycles. The Labute approximate surface area is 164 Å². The molecule has 0 saturated carbocycles. The minimum absolute atomic E-state index is 0.216. The van der Waals surface area contributed by atoms with Crippen molar-refractivity contribution in [1.29, 1.82) is 0 Å². The van der Waals surface area contributed by atoms with Gasteiger partial charge < -0.3 is 5.11 Å². The lowest BCUT2D eigenvalue weighted by atomic mass is 9.92. The van der Waals surface area contributed by atoms with Crippen LogP contribution in [0.2, 0.25) is 0 Å². The maximum absolute atomic E-state index is 11.3. The topological polar surface area (TPSA) is 92.4 Å². The van der Waals surface area contributed by atoms with Gasteiger partial charge in [0.05, 0.1) is 5.69 Å². The van der Waals surface area contributed by atoms with E-state index in [1.165, 1.54) is 11.1 Å². The van der Waals surface area contributed by atoms with Crippen molar-refractivity contribution in [3.8, 4) is 5.75 Å². The first-order valence-corrected chi connectivity index (χ1v) is 10.5. The lowest BCUT2D eigenvalue weighted by Crippen LogP contribution is -2.21. The molecule has 0 amide bonds. The van der Waals surface area contributed by atoms with Crippen LogP contribution in [0, 0.1) is 0 Å². The molecule has 0 aliphatic heterocycles. The van der Waals surface area contributed by atoms with Crippen LogP contribution in [0.5, 0.6) is 5.75 Å². The predicted octanol–water partition coefficient (Wildman–Crippen LogP) is 3.70. The molecular formula is C22H20N2O3S. The van der Waals surface area contributed by atoms with Crippen LogP contribution in [0.25, 0.3) is 11.6 Å². The molecule has 0 spiro atoms. The largest absolute Gasteiger partial charge is 0.508 e. The number of nitrogens with two attached hydrogens (primary N) is 1. The van der Waals surface area contributed by atoms with Crippen LogP contribution < -0.4 is 9.86 Å². The molecule has 0 unspecified atom stereocenters. The lowest BCUT2D eigenvalue weighted by Gasteiger charge is -2.13. The van der Waals surface area contributed by atoms with Crippen LogP contribution in [-0.4, -0.2) is 13.5 Å². The van der Waals surface area contributed by atoms with Gasteiger partial charge in [0.1, 0.15) is 5.75 Å². The number of hydrogen-bond donors (Lipinski definition) is 3. The molecule has 1 aliphatic rings. The summed E-state index contributed by atoms with van der Waals surface area (Å²) >= 11 is 0. The van der Waals surface area contributed by atoms with Crippen molar-refractivity contribution in [3.63, 3.8) is 0 Å². The fourth-order valence-corrected chi connectivity index (χ4v) is 4.08. The zero-order valence-electron chi connectivity index (χ0n) is 15.1. The Hall–Kier alpha value is -3.09. The predicted molar refractivity (Wildman–Crippen MR) is 112 cm³/mol. The van der Waals surface area contributed by atoms with Crippen LogP contribution in [0.1, 0.15) is 27.8 Å². The molecule has 3 aromatic rings. The third kappa shape index (κ3) is 3.93.